The van der Waals surface area contributed by atoms with E-state index >= 15 is 0 Å². The standard InChI is InChI=1S/C14H12F6N4O/c15-13(16,17)9-1-3-10(4-2-9)22-12(25)21-6-8-24-7-5-11(23-24)14(18,19)20/h1-5,7H,6,8H2,(H2,21,22,25). The topological polar surface area (TPSA) is 59.0 Å². The second-order valence-corrected chi connectivity index (χ2v) is 4.92. The van der Waals surface area contributed by atoms with Crippen LogP contribution >= 0.6 is 0 Å². The third kappa shape index (κ3) is 5.40. The number of carbonyl (C=O) groups excluding carboxylic acids is 1. The highest BCUT2D eigenvalue weighted by Gasteiger charge is 2.33. The Labute approximate surface area is 137 Å². The molecule has 1 heterocycles. The summed E-state index contributed by atoms with van der Waals surface area (Å²) < 4.78 is 75.3. The summed E-state index contributed by atoms with van der Waals surface area (Å²) in [6, 6.07) is 3.91. The highest BCUT2D eigenvalue weighted by molar-refractivity contribution is 5.89. The van der Waals surface area contributed by atoms with Crippen molar-refractivity contribution in [2.24, 2.45) is 0 Å². The van der Waals surface area contributed by atoms with Crippen molar-refractivity contribution in [2.75, 3.05) is 11.9 Å². The Morgan fingerprint density at radius 1 is 1.00 bits per heavy atom. The highest BCUT2D eigenvalue weighted by Crippen LogP contribution is 2.29. The minimum Gasteiger partial charge on any atom is -0.336 e. The summed E-state index contributed by atoms with van der Waals surface area (Å²) in [4.78, 5) is 11.6. The minimum atomic E-state index is -4.54. The van der Waals surface area contributed by atoms with E-state index in [-0.39, 0.29) is 18.8 Å². The van der Waals surface area contributed by atoms with Crippen molar-refractivity contribution in [3.63, 3.8) is 0 Å². The largest absolute Gasteiger partial charge is 0.435 e. The van der Waals surface area contributed by atoms with Gasteiger partial charge in [0.1, 0.15) is 0 Å². The first kappa shape index (κ1) is 18.6. The summed E-state index contributed by atoms with van der Waals surface area (Å²) in [5.41, 5.74) is -1.75. The number of aromatic nitrogens is 2. The normalized spacial score (nSPS) is 12.1. The number of hydrogen-bond donors (Lipinski definition) is 2. The molecule has 0 saturated carbocycles. The molecule has 136 valence electrons. The zero-order valence-electron chi connectivity index (χ0n) is 12.4. The van der Waals surface area contributed by atoms with Crippen molar-refractivity contribution in [3.8, 4) is 0 Å². The fraction of sp³-hybridized carbons (Fsp3) is 0.286. The molecule has 0 fully saturated rings. The number of halogens is 6. The van der Waals surface area contributed by atoms with Crippen molar-refractivity contribution < 1.29 is 31.1 Å². The number of carbonyl (C=O) groups is 1. The fourth-order valence-corrected chi connectivity index (χ4v) is 1.84. The highest BCUT2D eigenvalue weighted by atomic mass is 19.4. The van der Waals surface area contributed by atoms with Crippen molar-refractivity contribution in [1.29, 1.82) is 0 Å². The smallest absolute Gasteiger partial charge is 0.336 e. The average molecular weight is 366 g/mol. The number of urea groups is 1. The van der Waals surface area contributed by atoms with Gasteiger partial charge in [-0.05, 0) is 30.3 Å². The SMILES string of the molecule is O=C(NCCn1ccc(C(F)(F)F)n1)Nc1ccc(C(F)(F)F)cc1. The third-order valence-electron chi connectivity index (χ3n) is 3.03. The van der Waals surface area contributed by atoms with Crippen molar-refractivity contribution >= 4 is 11.7 Å². The minimum absolute atomic E-state index is 0.00346. The number of anilines is 1. The van der Waals surface area contributed by atoms with E-state index in [0.717, 1.165) is 41.2 Å². The Hall–Kier alpha value is -2.72. The number of nitrogens with one attached hydrogen (secondary N) is 2. The maximum absolute atomic E-state index is 12.4. The van der Waals surface area contributed by atoms with Crippen LogP contribution in [0.1, 0.15) is 11.3 Å². The van der Waals surface area contributed by atoms with Crippen LogP contribution < -0.4 is 10.6 Å². The molecule has 1 aromatic heterocycles. The van der Waals surface area contributed by atoms with Gasteiger partial charge < -0.3 is 10.6 Å². The predicted molar refractivity (Wildman–Crippen MR) is 75.7 cm³/mol. The molecular formula is C14H12F6N4O. The summed E-state index contributed by atoms with van der Waals surface area (Å²) in [6.07, 6.45) is -7.89. The van der Waals surface area contributed by atoms with Gasteiger partial charge in [0.25, 0.3) is 0 Å². The monoisotopic (exact) mass is 366 g/mol. The molecule has 0 saturated heterocycles. The molecule has 5 nitrogen and oxygen atoms in total. The molecule has 0 aliphatic rings. The Kier molecular flexibility index (Phi) is 5.24. The molecule has 0 aliphatic heterocycles. The number of amides is 2. The molecule has 2 rings (SSSR count). The van der Waals surface area contributed by atoms with Gasteiger partial charge in [-0.2, -0.15) is 31.4 Å². The molecule has 0 bridgehead atoms. The van der Waals surface area contributed by atoms with E-state index in [9.17, 15) is 31.1 Å². The number of nitrogens with zero attached hydrogens (tertiary/aromatic N) is 2. The van der Waals surface area contributed by atoms with E-state index in [0.29, 0.717) is 0 Å². The number of hydrogen-bond acceptors (Lipinski definition) is 2. The molecule has 0 aliphatic carbocycles. The summed E-state index contributed by atoms with van der Waals surface area (Å²) in [6.45, 7) is -0.0258. The molecule has 0 spiro atoms. The quantitative estimate of drug-likeness (QED) is 0.810. The maximum atomic E-state index is 12.4. The van der Waals surface area contributed by atoms with Crippen LogP contribution in [-0.4, -0.2) is 22.4 Å². The molecule has 11 heteroatoms. The van der Waals surface area contributed by atoms with Gasteiger partial charge in [0.05, 0.1) is 12.1 Å². The molecular weight excluding hydrogens is 354 g/mol. The van der Waals surface area contributed by atoms with Gasteiger partial charge in [-0.15, -0.1) is 0 Å². The molecule has 2 aromatic rings. The van der Waals surface area contributed by atoms with Crippen LogP contribution in [0.3, 0.4) is 0 Å². The first-order valence-corrected chi connectivity index (χ1v) is 6.88. The molecule has 0 radical (unpaired) electrons. The maximum Gasteiger partial charge on any atom is 0.435 e. The van der Waals surface area contributed by atoms with Crippen LogP contribution in [0, 0.1) is 0 Å². The van der Waals surface area contributed by atoms with Crippen LogP contribution in [0.2, 0.25) is 0 Å². The molecule has 2 amide bonds. The van der Waals surface area contributed by atoms with Gasteiger partial charge in [-0.1, -0.05) is 0 Å². The van der Waals surface area contributed by atoms with Crippen LogP contribution in [0.15, 0.2) is 36.5 Å². The van der Waals surface area contributed by atoms with Gasteiger partial charge in [0.15, 0.2) is 5.69 Å². The van der Waals surface area contributed by atoms with E-state index in [1.807, 2.05) is 0 Å². The molecule has 1 aromatic carbocycles. The predicted octanol–water partition coefficient (Wildman–Crippen LogP) is 3.74. The lowest BCUT2D eigenvalue weighted by Crippen LogP contribution is -2.31. The lowest BCUT2D eigenvalue weighted by Gasteiger charge is -2.10. The van der Waals surface area contributed by atoms with E-state index in [1.165, 1.54) is 0 Å². The zero-order valence-corrected chi connectivity index (χ0v) is 12.4. The second kappa shape index (κ2) is 7.03. The van der Waals surface area contributed by atoms with Gasteiger partial charge in [0.2, 0.25) is 0 Å². The Balaban J connectivity index is 1.80. The van der Waals surface area contributed by atoms with Gasteiger partial charge in [0, 0.05) is 18.4 Å². The van der Waals surface area contributed by atoms with Crippen LogP contribution in [0.5, 0.6) is 0 Å². The van der Waals surface area contributed by atoms with Crippen LogP contribution in [-0.2, 0) is 18.9 Å². The van der Waals surface area contributed by atoms with Crippen molar-refractivity contribution in [2.45, 2.75) is 18.9 Å². The Morgan fingerprint density at radius 3 is 2.16 bits per heavy atom. The molecule has 2 N–H and O–H groups in total. The van der Waals surface area contributed by atoms with E-state index < -0.39 is 29.6 Å². The second-order valence-electron chi connectivity index (χ2n) is 4.92. The number of benzene rings is 1. The lowest BCUT2D eigenvalue weighted by molar-refractivity contribution is -0.141. The van der Waals surface area contributed by atoms with Gasteiger partial charge in [-0.3, -0.25) is 4.68 Å². The number of rotatable bonds is 4. The average Bonchev–Trinajstić information content (AvgIpc) is 2.96. The van der Waals surface area contributed by atoms with Crippen LogP contribution in [0.25, 0.3) is 0 Å². The van der Waals surface area contributed by atoms with Gasteiger partial charge in [-0.25, -0.2) is 4.79 Å². The molecule has 25 heavy (non-hydrogen) atoms. The number of alkyl halides is 6. The van der Waals surface area contributed by atoms with Crippen molar-refractivity contribution in [3.05, 3.63) is 47.8 Å². The lowest BCUT2D eigenvalue weighted by atomic mass is 10.2. The van der Waals surface area contributed by atoms with Gasteiger partial charge >= 0.3 is 18.4 Å². The van der Waals surface area contributed by atoms with E-state index in [2.05, 4.69) is 15.7 Å². The summed E-state index contributed by atoms with van der Waals surface area (Å²) in [7, 11) is 0. The fourth-order valence-electron chi connectivity index (χ4n) is 1.84. The van der Waals surface area contributed by atoms with Crippen molar-refractivity contribution in [1.82, 2.24) is 15.1 Å². The Morgan fingerprint density at radius 2 is 1.64 bits per heavy atom. The molecule has 0 unspecified atom stereocenters. The summed E-state index contributed by atoms with van der Waals surface area (Å²) in [5, 5.41) is 7.98. The first-order chi connectivity index (χ1) is 11.6. The summed E-state index contributed by atoms with van der Waals surface area (Å²) in [5.74, 6) is 0. The third-order valence-corrected chi connectivity index (χ3v) is 3.03. The summed E-state index contributed by atoms with van der Waals surface area (Å²) >= 11 is 0. The Bertz CT molecular complexity index is 720. The van der Waals surface area contributed by atoms with Crippen LogP contribution in [0.4, 0.5) is 36.8 Å². The zero-order chi connectivity index (χ0) is 18.7. The van der Waals surface area contributed by atoms with E-state index in [1.54, 1.807) is 0 Å². The molecule has 0 atom stereocenters. The van der Waals surface area contributed by atoms with E-state index in [4.69, 9.17) is 0 Å². The first-order valence-electron chi connectivity index (χ1n) is 6.88.